The molecule has 3 unspecified atom stereocenters. The number of amides is 2. The Morgan fingerprint density at radius 2 is 2.10 bits per heavy atom. The van der Waals surface area contributed by atoms with Crippen LogP contribution in [0.4, 0.5) is 0 Å². The highest BCUT2D eigenvalue weighted by atomic mass is 16.3. The molecule has 2 aliphatic heterocycles. The van der Waals surface area contributed by atoms with E-state index >= 15 is 0 Å². The van der Waals surface area contributed by atoms with Gasteiger partial charge in [0.05, 0.1) is 6.10 Å². The summed E-state index contributed by atoms with van der Waals surface area (Å²) in [6.07, 6.45) is 3.88. The molecule has 6 heteroatoms. The number of carbonyl (C=O) groups is 2. The van der Waals surface area contributed by atoms with E-state index in [-0.39, 0.29) is 11.4 Å². The van der Waals surface area contributed by atoms with Crippen molar-refractivity contribution in [2.75, 3.05) is 26.2 Å². The standard InChI is InChI=1S/C15H27N3O3/c1-12(20)13(14(21)17-8-3-4-9-17)18(11-19)10-15(2)6-5-7-16-15/h11-13,16,20H,3-10H2,1-2H3. The Hall–Kier alpha value is -1.14. The highest BCUT2D eigenvalue weighted by Crippen LogP contribution is 2.22. The average Bonchev–Trinajstić information content (AvgIpc) is 3.09. The first-order chi connectivity index (χ1) is 9.97. The van der Waals surface area contributed by atoms with Gasteiger partial charge < -0.3 is 20.2 Å². The number of carbonyl (C=O) groups excluding carboxylic acids is 2. The Kier molecular flexibility index (Phi) is 5.22. The minimum Gasteiger partial charge on any atom is -0.391 e. The zero-order valence-electron chi connectivity index (χ0n) is 13.0. The van der Waals surface area contributed by atoms with Crippen LogP contribution < -0.4 is 5.32 Å². The number of likely N-dealkylation sites (tertiary alicyclic amines) is 1. The number of aliphatic hydroxyl groups is 1. The van der Waals surface area contributed by atoms with Gasteiger partial charge in [-0.15, -0.1) is 0 Å². The molecular weight excluding hydrogens is 270 g/mol. The van der Waals surface area contributed by atoms with Crippen LogP contribution in [0.25, 0.3) is 0 Å². The first-order valence-corrected chi connectivity index (χ1v) is 7.90. The van der Waals surface area contributed by atoms with E-state index in [0.717, 1.165) is 45.3 Å². The third-order valence-electron chi connectivity index (χ3n) is 4.61. The Bertz CT molecular complexity index is 374. The van der Waals surface area contributed by atoms with Gasteiger partial charge in [-0.1, -0.05) is 0 Å². The van der Waals surface area contributed by atoms with Crippen molar-refractivity contribution < 1.29 is 14.7 Å². The SMILES string of the molecule is CC(O)C(C(=O)N1CCCC1)N(C=O)CC1(C)CCCN1. The number of hydrogen-bond donors (Lipinski definition) is 2. The summed E-state index contributed by atoms with van der Waals surface area (Å²) >= 11 is 0. The molecule has 2 fully saturated rings. The summed E-state index contributed by atoms with van der Waals surface area (Å²) in [5.41, 5.74) is -0.167. The van der Waals surface area contributed by atoms with Crippen LogP contribution in [0, 0.1) is 0 Å². The molecule has 120 valence electrons. The van der Waals surface area contributed by atoms with E-state index < -0.39 is 12.1 Å². The van der Waals surface area contributed by atoms with Crippen LogP contribution in [0.2, 0.25) is 0 Å². The summed E-state index contributed by atoms with van der Waals surface area (Å²) in [7, 11) is 0. The van der Waals surface area contributed by atoms with E-state index in [1.807, 2.05) is 0 Å². The van der Waals surface area contributed by atoms with Crippen LogP contribution in [0.15, 0.2) is 0 Å². The summed E-state index contributed by atoms with van der Waals surface area (Å²) in [6, 6.07) is -0.778. The van der Waals surface area contributed by atoms with E-state index in [0.29, 0.717) is 13.0 Å². The van der Waals surface area contributed by atoms with Crippen LogP contribution in [0.5, 0.6) is 0 Å². The Labute approximate surface area is 126 Å². The van der Waals surface area contributed by atoms with Crippen LogP contribution >= 0.6 is 0 Å². The topological polar surface area (TPSA) is 72.9 Å². The third-order valence-corrected chi connectivity index (χ3v) is 4.61. The number of aliphatic hydroxyl groups excluding tert-OH is 1. The third kappa shape index (κ3) is 3.74. The van der Waals surface area contributed by atoms with Crippen molar-refractivity contribution in [2.24, 2.45) is 0 Å². The number of nitrogens with zero attached hydrogens (tertiary/aromatic N) is 2. The molecule has 2 heterocycles. The van der Waals surface area contributed by atoms with Crippen molar-refractivity contribution in [1.29, 1.82) is 0 Å². The minimum absolute atomic E-state index is 0.129. The van der Waals surface area contributed by atoms with Crippen molar-refractivity contribution in [3.8, 4) is 0 Å². The predicted octanol–water partition coefficient (Wildman–Crippen LogP) is -0.0413. The quantitative estimate of drug-likeness (QED) is 0.675. The second-order valence-corrected chi connectivity index (χ2v) is 6.59. The highest BCUT2D eigenvalue weighted by molar-refractivity contribution is 5.84. The summed E-state index contributed by atoms with van der Waals surface area (Å²) in [5, 5.41) is 13.4. The molecule has 0 aromatic rings. The van der Waals surface area contributed by atoms with E-state index in [4.69, 9.17) is 0 Å². The average molecular weight is 297 g/mol. The van der Waals surface area contributed by atoms with Gasteiger partial charge in [-0.3, -0.25) is 9.59 Å². The fourth-order valence-electron chi connectivity index (χ4n) is 3.45. The summed E-state index contributed by atoms with van der Waals surface area (Å²) in [4.78, 5) is 27.4. The lowest BCUT2D eigenvalue weighted by atomic mass is 9.98. The zero-order chi connectivity index (χ0) is 15.5. The van der Waals surface area contributed by atoms with Gasteiger partial charge in [-0.05, 0) is 46.1 Å². The number of nitrogens with one attached hydrogen (secondary N) is 1. The molecule has 2 amide bonds. The van der Waals surface area contributed by atoms with Gasteiger partial charge >= 0.3 is 0 Å². The van der Waals surface area contributed by atoms with E-state index in [2.05, 4.69) is 12.2 Å². The van der Waals surface area contributed by atoms with Gasteiger partial charge in [0.15, 0.2) is 0 Å². The molecule has 2 saturated heterocycles. The summed E-state index contributed by atoms with van der Waals surface area (Å²) < 4.78 is 0. The fourth-order valence-corrected chi connectivity index (χ4v) is 3.45. The Balaban J connectivity index is 2.10. The first-order valence-electron chi connectivity index (χ1n) is 7.90. The molecule has 0 bridgehead atoms. The van der Waals surface area contributed by atoms with Gasteiger partial charge in [0.1, 0.15) is 6.04 Å². The maximum absolute atomic E-state index is 12.6. The predicted molar refractivity (Wildman–Crippen MR) is 79.7 cm³/mol. The fraction of sp³-hybridized carbons (Fsp3) is 0.867. The molecule has 2 aliphatic rings. The zero-order valence-corrected chi connectivity index (χ0v) is 13.0. The maximum atomic E-state index is 12.6. The summed E-state index contributed by atoms with van der Waals surface area (Å²) in [5.74, 6) is -0.129. The lowest BCUT2D eigenvalue weighted by Crippen LogP contribution is -2.58. The molecular formula is C15H27N3O3. The monoisotopic (exact) mass is 297 g/mol. The van der Waals surface area contributed by atoms with Crippen LogP contribution in [0.3, 0.4) is 0 Å². The van der Waals surface area contributed by atoms with Gasteiger partial charge in [0, 0.05) is 25.2 Å². The van der Waals surface area contributed by atoms with E-state index in [1.165, 1.54) is 4.90 Å². The molecule has 2 N–H and O–H groups in total. The second-order valence-electron chi connectivity index (χ2n) is 6.59. The molecule has 6 nitrogen and oxygen atoms in total. The van der Waals surface area contributed by atoms with Crippen molar-refractivity contribution >= 4 is 12.3 Å². The van der Waals surface area contributed by atoms with Crippen LogP contribution in [-0.4, -0.2) is 71.1 Å². The largest absolute Gasteiger partial charge is 0.391 e. The Morgan fingerprint density at radius 1 is 1.43 bits per heavy atom. The van der Waals surface area contributed by atoms with Gasteiger partial charge in [-0.2, -0.15) is 0 Å². The van der Waals surface area contributed by atoms with Gasteiger partial charge in [0.25, 0.3) is 0 Å². The molecule has 0 aliphatic carbocycles. The van der Waals surface area contributed by atoms with E-state index in [1.54, 1.807) is 11.8 Å². The summed E-state index contributed by atoms with van der Waals surface area (Å²) in [6.45, 7) is 6.48. The van der Waals surface area contributed by atoms with Gasteiger partial charge in [0.2, 0.25) is 12.3 Å². The first kappa shape index (κ1) is 16.2. The van der Waals surface area contributed by atoms with E-state index in [9.17, 15) is 14.7 Å². The molecule has 0 radical (unpaired) electrons. The molecule has 0 spiro atoms. The van der Waals surface area contributed by atoms with Crippen LogP contribution in [0.1, 0.15) is 39.5 Å². The van der Waals surface area contributed by atoms with Gasteiger partial charge in [-0.25, -0.2) is 0 Å². The molecule has 0 aromatic heterocycles. The minimum atomic E-state index is -0.867. The molecule has 3 atom stereocenters. The highest BCUT2D eigenvalue weighted by Gasteiger charge is 2.38. The van der Waals surface area contributed by atoms with Crippen LogP contribution in [-0.2, 0) is 9.59 Å². The lowest BCUT2D eigenvalue weighted by molar-refractivity contribution is -0.145. The second kappa shape index (κ2) is 6.75. The smallest absolute Gasteiger partial charge is 0.248 e. The number of hydrogen-bond acceptors (Lipinski definition) is 4. The number of rotatable bonds is 6. The molecule has 0 aromatic carbocycles. The molecule has 2 rings (SSSR count). The van der Waals surface area contributed by atoms with Crippen molar-refractivity contribution in [3.05, 3.63) is 0 Å². The maximum Gasteiger partial charge on any atom is 0.248 e. The van der Waals surface area contributed by atoms with Crippen molar-refractivity contribution in [3.63, 3.8) is 0 Å². The van der Waals surface area contributed by atoms with Crippen molar-refractivity contribution in [1.82, 2.24) is 15.1 Å². The normalized spacial score (nSPS) is 28.4. The molecule has 21 heavy (non-hydrogen) atoms. The van der Waals surface area contributed by atoms with Crippen molar-refractivity contribution in [2.45, 2.75) is 57.2 Å². The molecule has 0 saturated carbocycles. The Morgan fingerprint density at radius 3 is 2.57 bits per heavy atom. The lowest BCUT2D eigenvalue weighted by Gasteiger charge is -2.37.